The number of hydrogen-bond acceptors (Lipinski definition) is 5. The van der Waals surface area contributed by atoms with Crippen LogP contribution in [0.5, 0.6) is 0 Å². The summed E-state index contributed by atoms with van der Waals surface area (Å²) in [7, 11) is 1.84. The average molecular weight is 295 g/mol. The van der Waals surface area contributed by atoms with Crippen LogP contribution < -0.4 is 0 Å². The van der Waals surface area contributed by atoms with Gasteiger partial charge in [0.05, 0.1) is 23.6 Å². The molecule has 0 bridgehead atoms. The molecule has 0 fully saturated rings. The standard InChI is InChI=1S/C12H11ClN4OS/c1-7-9(3-4-18-7)19-6-10-15-11(13)8-5-14-17(2)12(8)16-10/h3-5H,6H2,1-2H3. The van der Waals surface area contributed by atoms with Crippen molar-refractivity contribution < 1.29 is 4.42 Å². The summed E-state index contributed by atoms with van der Waals surface area (Å²) in [5.41, 5.74) is 0.750. The highest BCUT2D eigenvalue weighted by Crippen LogP contribution is 2.27. The Hall–Kier alpha value is -1.53. The predicted molar refractivity (Wildman–Crippen MR) is 74.3 cm³/mol. The fourth-order valence-electron chi connectivity index (χ4n) is 1.76. The van der Waals surface area contributed by atoms with Gasteiger partial charge in [-0.1, -0.05) is 11.6 Å². The molecule has 98 valence electrons. The molecule has 0 saturated carbocycles. The van der Waals surface area contributed by atoms with E-state index in [2.05, 4.69) is 15.1 Å². The van der Waals surface area contributed by atoms with Crippen molar-refractivity contribution in [2.75, 3.05) is 0 Å². The second kappa shape index (κ2) is 4.86. The predicted octanol–water partition coefficient (Wildman–Crippen LogP) is 3.21. The van der Waals surface area contributed by atoms with Crippen LogP contribution in [0.3, 0.4) is 0 Å². The van der Waals surface area contributed by atoms with Crippen LogP contribution >= 0.6 is 23.4 Å². The van der Waals surface area contributed by atoms with Crippen LogP contribution in [0.1, 0.15) is 11.6 Å². The molecule has 0 atom stereocenters. The molecule has 0 aliphatic heterocycles. The van der Waals surface area contributed by atoms with Gasteiger partial charge in [-0.25, -0.2) is 9.97 Å². The van der Waals surface area contributed by atoms with Gasteiger partial charge in [0.25, 0.3) is 0 Å². The van der Waals surface area contributed by atoms with E-state index in [1.807, 2.05) is 20.0 Å². The highest BCUT2D eigenvalue weighted by Gasteiger charge is 2.11. The molecule has 0 aromatic carbocycles. The molecule has 3 heterocycles. The van der Waals surface area contributed by atoms with Gasteiger partial charge in [0.1, 0.15) is 16.7 Å². The molecule has 0 saturated heterocycles. The minimum absolute atomic E-state index is 0.442. The number of hydrogen-bond donors (Lipinski definition) is 0. The fraction of sp³-hybridized carbons (Fsp3) is 0.250. The molecule has 0 spiro atoms. The summed E-state index contributed by atoms with van der Waals surface area (Å²) in [6, 6.07) is 1.93. The van der Waals surface area contributed by atoms with Crippen LogP contribution in [-0.2, 0) is 12.8 Å². The minimum Gasteiger partial charge on any atom is -0.468 e. The number of furan rings is 1. The number of nitrogens with zero attached hydrogens (tertiary/aromatic N) is 4. The lowest BCUT2D eigenvalue weighted by Crippen LogP contribution is -1.98. The zero-order valence-corrected chi connectivity index (χ0v) is 12.0. The van der Waals surface area contributed by atoms with E-state index in [1.165, 1.54) is 0 Å². The maximum atomic E-state index is 6.14. The molecule has 19 heavy (non-hydrogen) atoms. The van der Waals surface area contributed by atoms with Crippen molar-refractivity contribution >= 4 is 34.4 Å². The third-order valence-corrected chi connectivity index (χ3v) is 4.19. The number of fused-ring (bicyclic) bond motifs is 1. The topological polar surface area (TPSA) is 56.7 Å². The number of aromatic nitrogens is 4. The summed E-state index contributed by atoms with van der Waals surface area (Å²) in [4.78, 5) is 9.86. The summed E-state index contributed by atoms with van der Waals surface area (Å²) in [6.45, 7) is 1.93. The first-order chi connectivity index (χ1) is 9.15. The number of aryl methyl sites for hydroxylation is 2. The van der Waals surface area contributed by atoms with Crippen LogP contribution in [0.15, 0.2) is 27.8 Å². The van der Waals surface area contributed by atoms with Crippen molar-refractivity contribution in [1.82, 2.24) is 19.7 Å². The van der Waals surface area contributed by atoms with Crippen molar-refractivity contribution in [3.05, 3.63) is 35.3 Å². The summed E-state index contributed by atoms with van der Waals surface area (Å²) >= 11 is 7.76. The van der Waals surface area contributed by atoms with Crippen LogP contribution in [0.2, 0.25) is 5.15 Å². The van der Waals surface area contributed by atoms with Gasteiger partial charge in [-0.05, 0) is 13.0 Å². The lowest BCUT2D eigenvalue weighted by Gasteiger charge is -2.02. The first-order valence-electron chi connectivity index (χ1n) is 5.66. The Bertz CT molecular complexity index is 736. The summed E-state index contributed by atoms with van der Waals surface area (Å²) in [5, 5.41) is 5.35. The monoisotopic (exact) mass is 294 g/mol. The zero-order chi connectivity index (χ0) is 13.4. The van der Waals surface area contributed by atoms with Gasteiger partial charge < -0.3 is 4.42 Å². The number of rotatable bonds is 3. The van der Waals surface area contributed by atoms with E-state index >= 15 is 0 Å². The van der Waals surface area contributed by atoms with Crippen LogP contribution in [0.25, 0.3) is 11.0 Å². The van der Waals surface area contributed by atoms with E-state index in [0.29, 0.717) is 16.7 Å². The van der Waals surface area contributed by atoms with Gasteiger partial charge in [-0.2, -0.15) is 5.10 Å². The quantitative estimate of drug-likeness (QED) is 0.548. The Balaban J connectivity index is 1.89. The van der Waals surface area contributed by atoms with Crippen LogP contribution in [0, 0.1) is 6.92 Å². The Labute approximate surface area is 119 Å². The molecule has 5 nitrogen and oxygen atoms in total. The smallest absolute Gasteiger partial charge is 0.162 e. The van der Waals surface area contributed by atoms with Crippen LogP contribution in [-0.4, -0.2) is 19.7 Å². The Morgan fingerprint density at radius 2 is 2.26 bits per heavy atom. The lowest BCUT2D eigenvalue weighted by molar-refractivity contribution is 0.527. The summed E-state index contributed by atoms with van der Waals surface area (Å²) in [6.07, 6.45) is 3.35. The first-order valence-corrected chi connectivity index (χ1v) is 7.02. The molecule has 0 aliphatic rings. The van der Waals surface area contributed by atoms with Gasteiger partial charge in [-0.15, -0.1) is 11.8 Å². The Morgan fingerprint density at radius 1 is 1.42 bits per heavy atom. The minimum atomic E-state index is 0.442. The third kappa shape index (κ3) is 2.33. The maximum absolute atomic E-state index is 6.14. The van der Waals surface area contributed by atoms with E-state index < -0.39 is 0 Å². The molecular weight excluding hydrogens is 284 g/mol. The normalized spacial score (nSPS) is 11.3. The van der Waals surface area contributed by atoms with E-state index in [-0.39, 0.29) is 0 Å². The van der Waals surface area contributed by atoms with Gasteiger partial charge in [0, 0.05) is 11.9 Å². The highest BCUT2D eigenvalue weighted by atomic mass is 35.5. The van der Waals surface area contributed by atoms with E-state index in [0.717, 1.165) is 21.7 Å². The molecule has 0 radical (unpaired) electrons. The fourth-order valence-corrected chi connectivity index (χ4v) is 2.81. The van der Waals surface area contributed by atoms with Crippen molar-refractivity contribution in [2.24, 2.45) is 7.05 Å². The SMILES string of the molecule is Cc1occc1SCc1nc(Cl)c2cnn(C)c2n1. The molecule has 0 unspecified atom stereocenters. The van der Waals surface area contributed by atoms with E-state index in [4.69, 9.17) is 16.0 Å². The number of halogens is 1. The molecule has 3 rings (SSSR count). The van der Waals surface area contributed by atoms with E-state index in [1.54, 1.807) is 28.9 Å². The second-order valence-corrected chi connectivity index (χ2v) is 5.44. The Morgan fingerprint density at radius 3 is 3.00 bits per heavy atom. The van der Waals surface area contributed by atoms with Crippen molar-refractivity contribution in [3.63, 3.8) is 0 Å². The molecule has 0 aliphatic carbocycles. The Kier molecular flexibility index (Phi) is 3.20. The molecule has 7 heteroatoms. The maximum Gasteiger partial charge on any atom is 0.162 e. The molecule has 0 N–H and O–H groups in total. The highest BCUT2D eigenvalue weighted by molar-refractivity contribution is 7.98. The molecular formula is C12H11ClN4OS. The van der Waals surface area contributed by atoms with Crippen LogP contribution in [0.4, 0.5) is 0 Å². The molecule has 3 aromatic rings. The van der Waals surface area contributed by atoms with Gasteiger partial charge in [0.2, 0.25) is 0 Å². The number of thioether (sulfide) groups is 1. The van der Waals surface area contributed by atoms with Gasteiger partial charge in [-0.3, -0.25) is 4.68 Å². The first kappa shape index (κ1) is 12.5. The second-order valence-electron chi connectivity index (χ2n) is 4.07. The third-order valence-electron chi connectivity index (χ3n) is 2.76. The molecule has 3 aromatic heterocycles. The molecule has 0 amide bonds. The largest absolute Gasteiger partial charge is 0.468 e. The summed E-state index contributed by atoms with van der Waals surface area (Å²) in [5.74, 6) is 2.23. The summed E-state index contributed by atoms with van der Waals surface area (Å²) < 4.78 is 6.95. The van der Waals surface area contributed by atoms with Crippen molar-refractivity contribution in [3.8, 4) is 0 Å². The van der Waals surface area contributed by atoms with E-state index in [9.17, 15) is 0 Å². The zero-order valence-electron chi connectivity index (χ0n) is 10.4. The lowest BCUT2D eigenvalue weighted by atomic mass is 10.4. The van der Waals surface area contributed by atoms with Crippen molar-refractivity contribution in [2.45, 2.75) is 17.6 Å². The van der Waals surface area contributed by atoms with Crippen molar-refractivity contribution in [1.29, 1.82) is 0 Å². The van der Waals surface area contributed by atoms with Gasteiger partial charge >= 0.3 is 0 Å². The average Bonchev–Trinajstić information content (AvgIpc) is 2.95. The van der Waals surface area contributed by atoms with Gasteiger partial charge in [0.15, 0.2) is 5.65 Å².